The lowest BCUT2D eigenvalue weighted by Gasteiger charge is -2.20. The molecule has 1 saturated carbocycles. The highest BCUT2D eigenvalue weighted by Crippen LogP contribution is 2.28. The van der Waals surface area contributed by atoms with Crippen LogP contribution in [0.3, 0.4) is 0 Å². The van der Waals surface area contributed by atoms with Crippen molar-refractivity contribution in [3.63, 3.8) is 0 Å². The van der Waals surface area contributed by atoms with Gasteiger partial charge in [-0.05, 0) is 25.0 Å². The number of Topliss-reactive ketones (excluding diaryl/α,β-unsaturated/α-hetero) is 1. The zero-order valence-electron chi connectivity index (χ0n) is 14.3. The Bertz CT molecular complexity index is 781. The van der Waals surface area contributed by atoms with E-state index in [2.05, 4.69) is 5.32 Å². The van der Waals surface area contributed by atoms with Gasteiger partial charge >= 0.3 is 17.8 Å². The van der Waals surface area contributed by atoms with Gasteiger partial charge in [0.15, 0.2) is 5.78 Å². The van der Waals surface area contributed by atoms with Crippen molar-refractivity contribution >= 4 is 40.9 Å². The van der Waals surface area contributed by atoms with Gasteiger partial charge in [0, 0.05) is 17.8 Å². The van der Waals surface area contributed by atoms with Crippen LogP contribution in [0.25, 0.3) is 0 Å². The van der Waals surface area contributed by atoms with Crippen LogP contribution in [0.2, 0.25) is 0 Å². The molecule has 2 fully saturated rings. The standard InChI is InChI=1S/C17H19N3O5S/c1-10(21)18-8-12-6-7-14(26-12)13(22)9-19-15(23)16(24)20(17(19)25)11-4-2-3-5-11/h6-7,11H,2-5,8-9H2,1H3,(H,18,21). The van der Waals surface area contributed by atoms with Crippen LogP contribution in [0.1, 0.15) is 47.2 Å². The van der Waals surface area contributed by atoms with Crippen molar-refractivity contribution in [2.75, 3.05) is 6.54 Å². The van der Waals surface area contributed by atoms with Crippen LogP contribution in [0.5, 0.6) is 0 Å². The summed E-state index contributed by atoms with van der Waals surface area (Å²) in [6.07, 6.45) is 3.23. The number of imide groups is 2. The van der Waals surface area contributed by atoms with Gasteiger partial charge in [-0.1, -0.05) is 12.8 Å². The maximum atomic E-state index is 12.5. The number of nitrogens with one attached hydrogen (secondary N) is 1. The van der Waals surface area contributed by atoms with Gasteiger partial charge in [0.05, 0.1) is 18.0 Å². The Labute approximate surface area is 154 Å². The number of carbonyl (C=O) groups excluding carboxylic acids is 5. The zero-order valence-corrected chi connectivity index (χ0v) is 15.1. The molecule has 0 bridgehead atoms. The summed E-state index contributed by atoms with van der Waals surface area (Å²) in [5.74, 6) is -2.37. The smallest absolute Gasteiger partial charge is 0.334 e. The average molecular weight is 377 g/mol. The number of carbonyl (C=O) groups is 5. The van der Waals surface area contributed by atoms with Gasteiger partial charge in [-0.25, -0.2) is 9.69 Å². The van der Waals surface area contributed by atoms with Crippen LogP contribution in [0, 0.1) is 0 Å². The molecule has 0 atom stereocenters. The molecule has 0 radical (unpaired) electrons. The molecule has 8 nitrogen and oxygen atoms in total. The monoisotopic (exact) mass is 377 g/mol. The van der Waals surface area contributed by atoms with Gasteiger partial charge in [0.1, 0.15) is 0 Å². The normalized spacial score (nSPS) is 18.1. The first-order valence-electron chi connectivity index (χ1n) is 8.44. The predicted octanol–water partition coefficient (Wildman–Crippen LogP) is 1.30. The Kier molecular flexibility index (Phi) is 5.17. The van der Waals surface area contributed by atoms with Gasteiger partial charge in [0.25, 0.3) is 0 Å². The Morgan fingerprint density at radius 1 is 1.15 bits per heavy atom. The predicted molar refractivity (Wildman–Crippen MR) is 92.4 cm³/mol. The summed E-state index contributed by atoms with van der Waals surface area (Å²) in [4.78, 5) is 63.0. The van der Waals surface area contributed by atoms with Crippen LogP contribution in [-0.4, -0.2) is 51.9 Å². The Morgan fingerprint density at radius 3 is 2.50 bits per heavy atom. The van der Waals surface area contributed by atoms with E-state index in [4.69, 9.17) is 0 Å². The topological polar surface area (TPSA) is 104 Å². The fraction of sp³-hybridized carbons (Fsp3) is 0.471. The summed E-state index contributed by atoms with van der Waals surface area (Å²) in [7, 11) is 0. The summed E-state index contributed by atoms with van der Waals surface area (Å²) in [5, 5.41) is 2.63. The minimum Gasteiger partial charge on any atom is -0.351 e. The number of amides is 5. The van der Waals surface area contributed by atoms with E-state index in [0.29, 0.717) is 24.3 Å². The molecule has 5 amide bonds. The Morgan fingerprint density at radius 2 is 1.85 bits per heavy atom. The fourth-order valence-electron chi connectivity index (χ4n) is 3.20. The minimum atomic E-state index is -0.940. The molecular formula is C17H19N3O5S. The largest absolute Gasteiger partial charge is 0.351 e. The Balaban J connectivity index is 1.67. The number of urea groups is 1. The second-order valence-electron chi connectivity index (χ2n) is 6.39. The minimum absolute atomic E-state index is 0.176. The summed E-state index contributed by atoms with van der Waals surface area (Å²) in [6.45, 7) is 1.26. The average Bonchev–Trinajstić information content (AvgIpc) is 3.31. The van der Waals surface area contributed by atoms with E-state index >= 15 is 0 Å². The summed E-state index contributed by atoms with van der Waals surface area (Å²) >= 11 is 1.18. The molecule has 1 aliphatic carbocycles. The summed E-state index contributed by atoms with van der Waals surface area (Å²) < 4.78 is 0. The molecule has 1 aromatic rings. The van der Waals surface area contributed by atoms with Crippen LogP contribution in [0.15, 0.2) is 12.1 Å². The van der Waals surface area contributed by atoms with Gasteiger partial charge in [-0.2, -0.15) is 0 Å². The van der Waals surface area contributed by atoms with Gasteiger partial charge < -0.3 is 5.32 Å². The first-order chi connectivity index (χ1) is 12.4. The van der Waals surface area contributed by atoms with Crippen LogP contribution < -0.4 is 5.32 Å². The lowest BCUT2D eigenvalue weighted by molar-refractivity contribution is -0.143. The van der Waals surface area contributed by atoms with Gasteiger partial charge in [-0.3, -0.25) is 24.1 Å². The molecular weight excluding hydrogens is 358 g/mol. The third-order valence-electron chi connectivity index (χ3n) is 4.52. The highest BCUT2D eigenvalue weighted by atomic mass is 32.1. The van der Waals surface area contributed by atoms with Gasteiger partial charge in [-0.15, -0.1) is 11.3 Å². The number of nitrogens with zero attached hydrogens (tertiary/aromatic N) is 2. The molecule has 3 rings (SSSR count). The quantitative estimate of drug-likeness (QED) is 0.457. The van der Waals surface area contributed by atoms with Crippen molar-refractivity contribution in [1.82, 2.24) is 15.1 Å². The van der Waals surface area contributed by atoms with Crippen LogP contribution in [0.4, 0.5) is 4.79 Å². The van der Waals surface area contributed by atoms with Crippen molar-refractivity contribution in [3.8, 4) is 0 Å². The van der Waals surface area contributed by atoms with Crippen molar-refractivity contribution in [2.45, 2.75) is 45.2 Å². The highest BCUT2D eigenvalue weighted by Gasteiger charge is 2.48. The maximum absolute atomic E-state index is 12.5. The van der Waals surface area contributed by atoms with E-state index in [1.165, 1.54) is 18.3 Å². The lowest BCUT2D eigenvalue weighted by Crippen LogP contribution is -2.40. The highest BCUT2D eigenvalue weighted by molar-refractivity contribution is 7.14. The van der Waals surface area contributed by atoms with E-state index in [-0.39, 0.29) is 11.9 Å². The number of rotatable bonds is 6. The molecule has 2 heterocycles. The summed E-state index contributed by atoms with van der Waals surface area (Å²) in [6, 6.07) is 2.35. The summed E-state index contributed by atoms with van der Waals surface area (Å²) in [5.41, 5.74) is 0. The molecule has 1 aliphatic heterocycles. The second kappa shape index (κ2) is 7.36. The SMILES string of the molecule is CC(=O)NCc1ccc(C(=O)CN2C(=O)C(=O)N(C3CCCC3)C2=O)s1. The van der Waals surface area contributed by atoms with E-state index in [0.717, 1.165) is 27.5 Å². The van der Waals surface area contributed by atoms with E-state index in [9.17, 15) is 24.0 Å². The van der Waals surface area contributed by atoms with E-state index < -0.39 is 30.2 Å². The van der Waals surface area contributed by atoms with Crippen LogP contribution in [-0.2, 0) is 20.9 Å². The first kappa shape index (κ1) is 18.2. The van der Waals surface area contributed by atoms with Crippen molar-refractivity contribution in [2.24, 2.45) is 0 Å². The number of hydrogen-bond donors (Lipinski definition) is 1. The number of hydrogen-bond acceptors (Lipinski definition) is 6. The van der Waals surface area contributed by atoms with Crippen molar-refractivity contribution < 1.29 is 24.0 Å². The first-order valence-corrected chi connectivity index (χ1v) is 9.25. The van der Waals surface area contributed by atoms with Gasteiger partial charge in [0.2, 0.25) is 5.91 Å². The maximum Gasteiger partial charge on any atom is 0.334 e. The molecule has 0 unspecified atom stereocenters. The molecule has 9 heteroatoms. The molecule has 1 aromatic heterocycles. The van der Waals surface area contributed by atoms with Crippen molar-refractivity contribution in [1.29, 1.82) is 0 Å². The molecule has 0 aromatic carbocycles. The fourth-order valence-corrected chi connectivity index (χ4v) is 4.08. The molecule has 1 saturated heterocycles. The van der Waals surface area contributed by atoms with E-state index in [1.54, 1.807) is 12.1 Å². The molecule has 26 heavy (non-hydrogen) atoms. The molecule has 138 valence electrons. The number of thiophene rings is 1. The van der Waals surface area contributed by atoms with E-state index in [1.807, 2.05) is 0 Å². The van der Waals surface area contributed by atoms with Crippen LogP contribution >= 0.6 is 11.3 Å². The number of ketones is 1. The third-order valence-corrected chi connectivity index (χ3v) is 5.65. The lowest BCUT2D eigenvalue weighted by atomic mass is 10.2. The Hall–Kier alpha value is -2.55. The molecule has 2 aliphatic rings. The van der Waals surface area contributed by atoms with Crippen molar-refractivity contribution in [3.05, 3.63) is 21.9 Å². The molecule has 0 spiro atoms. The second-order valence-corrected chi connectivity index (χ2v) is 7.55. The zero-order chi connectivity index (χ0) is 18.8. The third kappa shape index (κ3) is 3.52. The molecule has 1 N–H and O–H groups in total.